The highest BCUT2D eigenvalue weighted by Crippen LogP contribution is 2.27. The monoisotopic (exact) mass is 395 g/mol. The number of amides is 2. The summed E-state index contributed by atoms with van der Waals surface area (Å²) in [5, 5.41) is 3.04. The Labute approximate surface area is 172 Å². The topological polar surface area (TPSA) is 61.9 Å². The number of hydrogen-bond acceptors (Lipinski definition) is 4. The lowest BCUT2D eigenvalue weighted by molar-refractivity contribution is -0.120. The van der Waals surface area contributed by atoms with Crippen LogP contribution in [-0.2, 0) is 16.0 Å². The molecule has 0 aromatic heterocycles. The standard InChI is InChI=1S/C23H29N3O3/c1-25(2)20(19-7-4-5-8-21(19)29-3)16-24-22(27)15-17-10-12-18(13-11-17)26-14-6-9-23(26)28/h4-5,7-8,10-13,20H,6,9,14-16H2,1-3H3,(H,24,27). The number of rotatable bonds is 8. The zero-order chi connectivity index (χ0) is 20.8. The van der Waals surface area contributed by atoms with Crippen LogP contribution in [0.25, 0.3) is 0 Å². The molecule has 6 heteroatoms. The van der Waals surface area contributed by atoms with Crippen molar-refractivity contribution in [1.82, 2.24) is 10.2 Å². The molecule has 3 rings (SSSR count). The second-order valence-electron chi connectivity index (χ2n) is 7.52. The SMILES string of the molecule is COc1ccccc1C(CNC(=O)Cc1ccc(N2CCCC2=O)cc1)N(C)C. The summed E-state index contributed by atoms with van der Waals surface area (Å²) in [4.78, 5) is 28.2. The summed E-state index contributed by atoms with van der Waals surface area (Å²) < 4.78 is 5.47. The Morgan fingerprint density at radius 3 is 2.52 bits per heavy atom. The number of benzene rings is 2. The third-order valence-electron chi connectivity index (χ3n) is 5.30. The van der Waals surface area contributed by atoms with E-state index in [1.165, 1.54) is 0 Å². The summed E-state index contributed by atoms with van der Waals surface area (Å²) in [6.45, 7) is 1.26. The van der Waals surface area contributed by atoms with Crippen molar-refractivity contribution in [2.75, 3.05) is 39.2 Å². The van der Waals surface area contributed by atoms with E-state index in [2.05, 4.69) is 10.2 Å². The number of hydrogen-bond donors (Lipinski definition) is 1. The number of nitrogens with zero attached hydrogens (tertiary/aromatic N) is 2. The Morgan fingerprint density at radius 1 is 1.17 bits per heavy atom. The fourth-order valence-electron chi connectivity index (χ4n) is 3.69. The van der Waals surface area contributed by atoms with Crippen LogP contribution in [-0.4, -0.2) is 51.0 Å². The minimum atomic E-state index is -0.0308. The van der Waals surface area contributed by atoms with Crippen LogP contribution < -0.4 is 15.0 Å². The average molecular weight is 396 g/mol. The van der Waals surface area contributed by atoms with Gasteiger partial charge in [-0.2, -0.15) is 0 Å². The fraction of sp³-hybridized carbons (Fsp3) is 0.391. The molecule has 0 aliphatic carbocycles. The van der Waals surface area contributed by atoms with Crippen LogP contribution in [0.15, 0.2) is 48.5 Å². The predicted molar refractivity (Wildman–Crippen MR) is 114 cm³/mol. The molecule has 1 fully saturated rings. The highest BCUT2D eigenvalue weighted by Gasteiger charge is 2.22. The first-order valence-electron chi connectivity index (χ1n) is 9.95. The van der Waals surface area contributed by atoms with Gasteiger partial charge in [0.1, 0.15) is 5.75 Å². The normalized spacial score (nSPS) is 14.9. The first-order valence-corrected chi connectivity index (χ1v) is 9.95. The molecule has 1 heterocycles. The van der Waals surface area contributed by atoms with Gasteiger partial charge in [-0.3, -0.25) is 9.59 Å². The Bertz CT molecular complexity index is 849. The summed E-state index contributed by atoms with van der Waals surface area (Å²) >= 11 is 0. The van der Waals surface area contributed by atoms with Crippen molar-refractivity contribution in [2.24, 2.45) is 0 Å². The zero-order valence-electron chi connectivity index (χ0n) is 17.4. The highest BCUT2D eigenvalue weighted by atomic mass is 16.5. The van der Waals surface area contributed by atoms with Crippen LogP contribution in [0.1, 0.15) is 30.0 Å². The molecule has 1 aliphatic heterocycles. The fourth-order valence-corrected chi connectivity index (χ4v) is 3.69. The van der Waals surface area contributed by atoms with Gasteiger partial charge in [-0.25, -0.2) is 0 Å². The van der Waals surface area contributed by atoms with E-state index >= 15 is 0 Å². The highest BCUT2D eigenvalue weighted by molar-refractivity contribution is 5.95. The van der Waals surface area contributed by atoms with Gasteiger partial charge in [0.15, 0.2) is 0 Å². The van der Waals surface area contributed by atoms with Crippen molar-refractivity contribution in [3.8, 4) is 5.75 Å². The number of carbonyl (C=O) groups is 2. The smallest absolute Gasteiger partial charge is 0.227 e. The first kappa shape index (κ1) is 20.9. The molecule has 1 atom stereocenters. The second kappa shape index (κ2) is 9.56. The van der Waals surface area contributed by atoms with Crippen molar-refractivity contribution in [3.05, 3.63) is 59.7 Å². The number of ether oxygens (including phenoxy) is 1. The lowest BCUT2D eigenvalue weighted by atomic mass is 10.0. The lowest BCUT2D eigenvalue weighted by Gasteiger charge is -2.26. The molecule has 1 saturated heterocycles. The summed E-state index contributed by atoms with van der Waals surface area (Å²) in [5.74, 6) is 0.950. The molecule has 1 N–H and O–H groups in total. The van der Waals surface area contributed by atoms with E-state index in [1.54, 1.807) is 12.0 Å². The van der Waals surface area contributed by atoms with Gasteiger partial charge in [0, 0.05) is 30.8 Å². The van der Waals surface area contributed by atoms with E-state index in [-0.39, 0.29) is 17.9 Å². The summed E-state index contributed by atoms with van der Waals surface area (Å²) in [6, 6.07) is 15.6. The van der Waals surface area contributed by atoms with Gasteiger partial charge in [0.25, 0.3) is 0 Å². The van der Waals surface area contributed by atoms with Crippen molar-refractivity contribution in [2.45, 2.75) is 25.3 Å². The van der Waals surface area contributed by atoms with E-state index in [1.807, 2.05) is 62.6 Å². The average Bonchev–Trinajstić information content (AvgIpc) is 3.14. The molecule has 0 bridgehead atoms. The van der Waals surface area contributed by atoms with Crippen LogP contribution in [0.2, 0.25) is 0 Å². The molecule has 1 aliphatic rings. The van der Waals surface area contributed by atoms with Crippen molar-refractivity contribution < 1.29 is 14.3 Å². The molecule has 2 aromatic rings. The molecule has 0 radical (unpaired) electrons. The maximum Gasteiger partial charge on any atom is 0.227 e. The number of likely N-dealkylation sites (N-methyl/N-ethyl adjacent to an activating group) is 1. The summed E-state index contributed by atoms with van der Waals surface area (Å²) in [7, 11) is 5.63. The molecule has 0 saturated carbocycles. The minimum Gasteiger partial charge on any atom is -0.496 e. The number of nitrogens with one attached hydrogen (secondary N) is 1. The largest absolute Gasteiger partial charge is 0.496 e. The van der Waals surface area contributed by atoms with E-state index in [0.29, 0.717) is 19.4 Å². The molecule has 154 valence electrons. The third kappa shape index (κ3) is 5.15. The van der Waals surface area contributed by atoms with E-state index < -0.39 is 0 Å². The summed E-state index contributed by atoms with van der Waals surface area (Å²) in [5.41, 5.74) is 2.87. The van der Waals surface area contributed by atoms with E-state index in [9.17, 15) is 9.59 Å². The van der Waals surface area contributed by atoms with Gasteiger partial charge >= 0.3 is 0 Å². The number of carbonyl (C=O) groups excluding carboxylic acids is 2. The van der Waals surface area contributed by atoms with Gasteiger partial charge < -0.3 is 19.9 Å². The third-order valence-corrected chi connectivity index (χ3v) is 5.30. The van der Waals surface area contributed by atoms with Gasteiger partial charge in [-0.15, -0.1) is 0 Å². The van der Waals surface area contributed by atoms with Crippen molar-refractivity contribution in [3.63, 3.8) is 0 Å². The lowest BCUT2D eigenvalue weighted by Crippen LogP contribution is -2.35. The maximum absolute atomic E-state index is 12.5. The Balaban J connectivity index is 1.59. The summed E-state index contributed by atoms with van der Waals surface area (Å²) in [6.07, 6.45) is 1.83. The Hall–Kier alpha value is -2.86. The van der Waals surface area contributed by atoms with Crippen LogP contribution in [0.3, 0.4) is 0 Å². The predicted octanol–water partition coefficient (Wildman–Crippen LogP) is 2.78. The molecule has 29 heavy (non-hydrogen) atoms. The van der Waals surface area contributed by atoms with Gasteiger partial charge in [0.2, 0.25) is 11.8 Å². The van der Waals surface area contributed by atoms with E-state index in [0.717, 1.165) is 35.5 Å². The zero-order valence-corrected chi connectivity index (χ0v) is 17.4. The van der Waals surface area contributed by atoms with Crippen LogP contribution in [0.5, 0.6) is 5.75 Å². The van der Waals surface area contributed by atoms with Crippen LogP contribution in [0.4, 0.5) is 5.69 Å². The quantitative estimate of drug-likeness (QED) is 0.747. The molecule has 1 unspecified atom stereocenters. The molecular weight excluding hydrogens is 366 g/mol. The van der Waals surface area contributed by atoms with Crippen molar-refractivity contribution >= 4 is 17.5 Å². The van der Waals surface area contributed by atoms with Crippen LogP contribution >= 0.6 is 0 Å². The number of para-hydroxylation sites is 1. The molecule has 0 spiro atoms. The maximum atomic E-state index is 12.5. The van der Waals surface area contributed by atoms with Gasteiger partial charge in [-0.1, -0.05) is 30.3 Å². The number of anilines is 1. The second-order valence-corrected chi connectivity index (χ2v) is 7.52. The Morgan fingerprint density at radius 2 is 1.90 bits per heavy atom. The van der Waals surface area contributed by atoms with Gasteiger partial charge in [-0.05, 0) is 44.3 Å². The van der Waals surface area contributed by atoms with Crippen molar-refractivity contribution in [1.29, 1.82) is 0 Å². The molecule has 2 aromatic carbocycles. The Kier molecular flexibility index (Phi) is 6.88. The van der Waals surface area contributed by atoms with Crippen LogP contribution in [0, 0.1) is 0 Å². The van der Waals surface area contributed by atoms with E-state index in [4.69, 9.17) is 4.74 Å². The number of methoxy groups -OCH3 is 1. The van der Waals surface area contributed by atoms with Gasteiger partial charge in [0.05, 0.1) is 19.6 Å². The molecular formula is C23H29N3O3. The molecule has 6 nitrogen and oxygen atoms in total. The molecule has 2 amide bonds. The minimum absolute atomic E-state index is 0.0126. The first-order chi connectivity index (χ1) is 14.0.